The Bertz CT molecular complexity index is 447. The Balaban J connectivity index is 2.57. The molecule has 0 aliphatic carbocycles. The lowest BCUT2D eigenvalue weighted by Gasteiger charge is -2.23. The molecule has 0 fully saturated rings. The normalized spacial score (nSPS) is 13.7. The van der Waals surface area contributed by atoms with Crippen LogP contribution in [-0.2, 0) is 16.0 Å². The molecule has 21 heavy (non-hydrogen) atoms. The van der Waals surface area contributed by atoms with Crippen LogP contribution in [-0.4, -0.2) is 52.9 Å². The molecule has 1 aromatic rings. The van der Waals surface area contributed by atoms with Gasteiger partial charge in [0.15, 0.2) is 0 Å². The van der Waals surface area contributed by atoms with Crippen molar-refractivity contribution in [3.63, 3.8) is 0 Å². The van der Waals surface area contributed by atoms with E-state index in [-0.39, 0.29) is 18.4 Å². The Morgan fingerprint density at radius 3 is 2.62 bits per heavy atom. The minimum atomic E-state index is -1.10. The van der Waals surface area contributed by atoms with E-state index in [1.54, 1.807) is 7.11 Å². The van der Waals surface area contributed by atoms with Crippen LogP contribution in [0.25, 0.3) is 0 Å². The van der Waals surface area contributed by atoms with Gasteiger partial charge in [-0.2, -0.15) is 0 Å². The fourth-order valence-electron chi connectivity index (χ4n) is 1.76. The van der Waals surface area contributed by atoms with Crippen LogP contribution >= 0.6 is 0 Å². The van der Waals surface area contributed by atoms with Gasteiger partial charge in [0, 0.05) is 25.4 Å². The van der Waals surface area contributed by atoms with Gasteiger partial charge in [0.2, 0.25) is 0 Å². The van der Waals surface area contributed by atoms with Crippen LogP contribution < -0.4 is 10.6 Å². The quantitative estimate of drug-likeness (QED) is 0.553. The number of carbonyl (C=O) groups is 2. The zero-order valence-corrected chi connectivity index (χ0v) is 12.4. The highest BCUT2D eigenvalue weighted by atomic mass is 16.5. The van der Waals surface area contributed by atoms with Crippen molar-refractivity contribution in [2.24, 2.45) is 5.92 Å². The summed E-state index contributed by atoms with van der Waals surface area (Å²) in [4.78, 5) is 29.7. The number of urea groups is 1. The van der Waals surface area contributed by atoms with Gasteiger partial charge in [-0.15, -0.1) is 0 Å². The number of carboxylic acids is 1. The molecular formula is C13H22N4O4. The number of carbonyl (C=O) groups excluding carboxylic acids is 1. The van der Waals surface area contributed by atoms with Gasteiger partial charge in [0.25, 0.3) is 0 Å². The number of methoxy groups -OCH3 is 1. The van der Waals surface area contributed by atoms with E-state index < -0.39 is 18.0 Å². The Labute approximate surface area is 123 Å². The number of ether oxygens (including phenoxy) is 1. The minimum absolute atomic E-state index is 0.138. The van der Waals surface area contributed by atoms with Gasteiger partial charge in [0.05, 0.1) is 19.0 Å². The first kappa shape index (κ1) is 17.0. The minimum Gasteiger partial charge on any atom is -0.480 e. The first-order valence-corrected chi connectivity index (χ1v) is 6.70. The fraction of sp³-hybridized carbons (Fsp3) is 0.615. The topological polar surface area (TPSA) is 116 Å². The summed E-state index contributed by atoms with van der Waals surface area (Å²) in [5.41, 5.74) is 0.639. The van der Waals surface area contributed by atoms with Crippen molar-refractivity contribution in [3.8, 4) is 0 Å². The van der Waals surface area contributed by atoms with Gasteiger partial charge in [-0.3, -0.25) is 0 Å². The maximum atomic E-state index is 11.9. The Kier molecular flexibility index (Phi) is 6.67. The number of H-pyrrole nitrogens is 1. The van der Waals surface area contributed by atoms with Gasteiger partial charge in [-0.25, -0.2) is 14.6 Å². The summed E-state index contributed by atoms with van der Waals surface area (Å²) in [6.45, 7) is 4.26. The van der Waals surface area contributed by atoms with Crippen molar-refractivity contribution >= 4 is 12.0 Å². The highest BCUT2D eigenvalue weighted by Crippen LogP contribution is 2.03. The molecule has 2 amide bonds. The molecule has 4 N–H and O–H groups in total. The average Bonchev–Trinajstić information content (AvgIpc) is 2.90. The number of imidazole rings is 1. The third-order valence-corrected chi connectivity index (χ3v) is 3.05. The predicted molar refractivity (Wildman–Crippen MR) is 75.9 cm³/mol. The summed E-state index contributed by atoms with van der Waals surface area (Å²) in [6, 6.07) is -1.74. The lowest BCUT2D eigenvalue weighted by atomic mass is 10.1. The van der Waals surface area contributed by atoms with Gasteiger partial charge in [-0.1, -0.05) is 13.8 Å². The highest BCUT2D eigenvalue weighted by molar-refractivity contribution is 5.82. The number of aliphatic carboxylic acids is 1. The van der Waals surface area contributed by atoms with Crippen LogP contribution in [0.2, 0.25) is 0 Å². The summed E-state index contributed by atoms with van der Waals surface area (Å²) in [6.07, 6.45) is 3.12. The number of nitrogens with zero attached hydrogens (tertiary/aromatic N) is 1. The number of aromatic amines is 1. The van der Waals surface area contributed by atoms with E-state index in [4.69, 9.17) is 9.84 Å². The second-order valence-corrected chi connectivity index (χ2v) is 5.10. The predicted octanol–water partition coefficient (Wildman–Crippen LogP) is 0.376. The smallest absolute Gasteiger partial charge is 0.326 e. The fourth-order valence-corrected chi connectivity index (χ4v) is 1.76. The molecule has 1 unspecified atom stereocenters. The molecule has 118 valence electrons. The third kappa shape index (κ3) is 5.82. The Hall–Kier alpha value is -2.09. The number of amides is 2. The zero-order valence-electron chi connectivity index (χ0n) is 12.4. The number of hydrogen-bond donors (Lipinski definition) is 4. The number of hydrogen-bond acceptors (Lipinski definition) is 4. The average molecular weight is 298 g/mol. The maximum absolute atomic E-state index is 11.9. The molecular weight excluding hydrogens is 276 g/mol. The summed E-state index contributed by atoms with van der Waals surface area (Å²) in [7, 11) is 1.55. The van der Waals surface area contributed by atoms with Crippen molar-refractivity contribution in [2.75, 3.05) is 13.7 Å². The number of carboxylic acid groups (broad SMARTS) is 1. The van der Waals surface area contributed by atoms with E-state index in [2.05, 4.69) is 20.6 Å². The van der Waals surface area contributed by atoms with E-state index in [1.165, 1.54) is 12.5 Å². The van der Waals surface area contributed by atoms with Crippen LogP contribution in [0.1, 0.15) is 19.5 Å². The standard InChI is InChI=1S/C13H22N4O4/c1-8(2)11(6-21-3)17-13(20)16-10(12(18)19)4-9-5-14-7-15-9/h5,7-8,10-11H,4,6H2,1-3H3,(H,14,15)(H,18,19)(H2,16,17,20)/t10-,11?/m0/s1. The van der Waals surface area contributed by atoms with Crippen molar-refractivity contribution in [3.05, 3.63) is 18.2 Å². The van der Waals surface area contributed by atoms with Gasteiger partial charge >= 0.3 is 12.0 Å². The third-order valence-electron chi connectivity index (χ3n) is 3.05. The molecule has 0 saturated carbocycles. The van der Waals surface area contributed by atoms with Crippen molar-refractivity contribution in [1.82, 2.24) is 20.6 Å². The lowest BCUT2D eigenvalue weighted by molar-refractivity contribution is -0.139. The lowest BCUT2D eigenvalue weighted by Crippen LogP contribution is -2.52. The van der Waals surface area contributed by atoms with Gasteiger partial charge in [-0.05, 0) is 5.92 Å². The highest BCUT2D eigenvalue weighted by Gasteiger charge is 2.23. The van der Waals surface area contributed by atoms with Crippen molar-refractivity contribution < 1.29 is 19.4 Å². The first-order chi connectivity index (χ1) is 9.93. The maximum Gasteiger partial charge on any atom is 0.326 e. The molecule has 8 nitrogen and oxygen atoms in total. The van der Waals surface area contributed by atoms with Crippen molar-refractivity contribution in [2.45, 2.75) is 32.4 Å². The molecule has 8 heteroatoms. The summed E-state index contributed by atoms with van der Waals surface area (Å²) < 4.78 is 5.03. The van der Waals surface area contributed by atoms with E-state index in [1.807, 2.05) is 13.8 Å². The molecule has 2 atom stereocenters. The van der Waals surface area contributed by atoms with Crippen LogP contribution in [0, 0.1) is 5.92 Å². The Morgan fingerprint density at radius 2 is 2.14 bits per heavy atom. The number of rotatable bonds is 8. The molecule has 0 aliphatic heterocycles. The molecule has 0 aromatic carbocycles. The van der Waals surface area contributed by atoms with E-state index in [9.17, 15) is 9.59 Å². The molecule has 0 bridgehead atoms. The van der Waals surface area contributed by atoms with Crippen LogP contribution in [0.5, 0.6) is 0 Å². The molecule has 0 saturated heterocycles. The Morgan fingerprint density at radius 1 is 1.43 bits per heavy atom. The molecule has 0 spiro atoms. The summed E-state index contributed by atoms with van der Waals surface area (Å²) in [5.74, 6) is -0.931. The monoisotopic (exact) mass is 298 g/mol. The van der Waals surface area contributed by atoms with Gasteiger partial charge in [0.1, 0.15) is 6.04 Å². The molecule has 1 rings (SSSR count). The van der Waals surface area contributed by atoms with Gasteiger partial charge < -0.3 is 25.5 Å². The molecule has 0 aliphatic rings. The molecule has 1 aromatic heterocycles. The molecule has 0 radical (unpaired) electrons. The van der Waals surface area contributed by atoms with Crippen molar-refractivity contribution in [1.29, 1.82) is 0 Å². The summed E-state index contributed by atoms with van der Waals surface area (Å²) in [5, 5.41) is 14.3. The van der Waals surface area contributed by atoms with E-state index in [0.29, 0.717) is 12.3 Å². The summed E-state index contributed by atoms with van der Waals surface area (Å²) >= 11 is 0. The van der Waals surface area contributed by atoms with Crippen LogP contribution in [0.4, 0.5) is 4.79 Å². The van der Waals surface area contributed by atoms with E-state index >= 15 is 0 Å². The number of aromatic nitrogens is 2. The second-order valence-electron chi connectivity index (χ2n) is 5.10. The largest absolute Gasteiger partial charge is 0.480 e. The van der Waals surface area contributed by atoms with E-state index in [0.717, 1.165) is 0 Å². The first-order valence-electron chi connectivity index (χ1n) is 6.70. The number of nitrogens with one attached hydrogen (secondary N) is 3. The zero-order chi connectivity index (χ0) is 15.8. The SMILES string of the molecule is COCC(NC(=O)N[C@@H](Cc1cnc[nH]1)C(=O)O)C(C)C. The van der Waals surface area contributed by atoms with Crippen LogP contribution in [0.3, 0.4) is 0 Å². The van der Waals surface area contributed by atoms with Crippen LogP contribution in [0.15, 0.2) is 12.5 Å². The second kappa shape index (κ2) is 8.25. The molecule has 1 heterocycles.